The molecular formula is C28H22. The molecule has 0 atom stereocenters. The van der Waals surface area contributed by atoms with Gasteiger partial charge in [-0.05, 0) is 39.0 Å². The van der Waals surface area contributed by atoms with E-state index in [2.05, 4.69) is 122 Å². The molecule has 0 bridgehead atoms. The van der Waals surface area contributed by atoms with Gasteiger partial charge >= 0.3 is 0 Å². The van der Waals surface area contributed by atoms with Crippen LogP contribution in [0.3, 0.4) is 0 Å². The molecule has 0 aliphatic carbocycles. The van der Waals surface area contributed by atoms with Crippen LogP contribution >= 0.6 is 0 Å². The van der Waals surface area contributed by atoms with E-state index in [4.69, 9.17) is 0 Å². The van der Waals surface area contributed by atoms with Crippen LogP contribution in [0, 0.1) is 0 Å². The fourth-order valence-electron chi connectivity index (χ4n) is 3.61. The second-order valence-electron chi connectivity index (χ2n) is 6.64. The van der Waals surface area contributed by atoms with E-state index in [1.807, 2.05) is 6.08 Å². The molecule has 28 heavy (non-hydrogen) atoms. The van der Waals surface area contributed by atoms with Gasteiger partial charge in [-0.2, -0.15) is 0 Å². The van der Waals surface area contributed by atoms with Gasteiger partial charge in [-0.15, -0.1) is 0 Å². The molecule has 0 nitrogen and oxygen atoms in total. The maximum atomic E-state index is 4.05. The maximum absolute atomic E-state index is 4.05. The van der Waals surface area contributed by atoms with Crippen LogP contribution in [0.25, 0.3) is 17.2 Å². The Balaban J connectivity index is 2.14. The van der Waals surface area contributed by atoms with E-state index in [0.29, 0.717) is 0 Å². The van der Waals surface area contributed by atoms with Gasteiger partial charge in [0.15, 0.2) is 0 Å². The van der Waals surface area contributed by atoms with Crippen LogP contribution < -0.4 is 0 Å². The van der Waals surface area contributed by atoms with Crippen molar-refractivity contribution in [2.45, 2.75) is 0 Å². The van der Waals surface area contributed by atoms with Crippen molar-refractivity contribution < 1.29 is 0 Å². The van der Waals surface area contributed by atoms with Gasteiger partial charge in [0, 0.05) is 0 Å². The molecule has 0 spiro atoms. The van der Waals surface area contributed by atoms with Crippen molar-refractivity contribution in [2.24, 2.45) is 0 Å². The van der Waals surface area contributed by atoms with Crippen molar-refractivity contribution in [3.8, 4) is 0 Å². The highest BCUT2D eigenvalue weighted by Gasteiger charge is 2.17. The first-order valence-electron chi connectivity index (χ1n) is 9.51. The van der Waals surface area contributed by atoms with Gasteiger partial charge in [-0.25, -0.2) is 0 Å². The first-order valence-corrected chi connectivity index (χ1v) is 9.51. The minimum atomic E-state index is 1.13. The second-order valence-corrected chi connectivity index (χ2v) is 6.64. The highest BCUT2D eigenvalue weighted by Crippen LogP contribution is 2.38. The van der Waals surface area contributed by atoms with Gasteiger partial charge in [-0.1, -0.05) is 128 Å². The fourth-order valence-corrected chi connectivity index (χ4v) is 3.61. The van der Waals surface area contributed by atoms with Gasteiger partial charge in [0.05, 0.1) is 0 Å². The van der Waals surface area contributed by atoms with Crippen LogP contribution in [0.2, 0.25) is 0 Å². The number of benzene rings is 4. The molecule has 0 radical (unpaired) electrons. The summed E-state index contributed by atoms with van der Waals surface area (Å²) in [5.74, 6) is 0. The molecule has 0 amide bonds. The number of hydrogen-bond donors (Lipinski definition) is 0. The minimum absolute atomic E-state index is 1.13. The Kier molecular flexibility index (Phi) is 5.31. The predicted octanol–water partition coefficient (Wildman–Crippen LogP) is 7.34. The predicted molar refractivity (Wildman–Crippen MR) is 121 cm³/mol. The Bertz CT molecular complexity index is 1050. The van der Waals surface area contributed by atoms with Crippen LogP contribution in [-0.4, -0.2) is 0 Å². The molecule has 0 unspecified atom stereocenters. The Labute approximate surface area is 167 Å². The highest BCUT2D eigenvalue weighted by molar-refractivity contribution is 6.05. The molecule has 0 aliphatic heterocycles. The van der Waals surface area contributed by atoms with E-state index < -0.39 is 0 Å². The van der Waals surface area contributed by atoms with E-state index in [1.165, 1.54) is 33.4 Å². The van der Waals surface area contributed by atoms with Gasteiger partial charge in [0.25, 0.3) is 0 Å². The van der Waals surface area contributed by atoms with Crippen LogP contribution in [0.5, 0.6) is 0 Å². The van der Waals surface area contributed by atoms with Gasteiger partial charge in [0.1, 0.15) is 0 Å². The Morgan fingerprint density at radius 2 is 0.857 bits per heavy atom. The van der Waals surface area contributed by atoms with Crippen LogP contribution in [0.15, 0.2) is 122 Å². The van der Waals surface area contributed by atoms with Gasteiger partial charge in [-0.3, -0.25) is 0 Å². The largest absolute Gasteiger partial charge is 0.0984 e. The van der Waals surface area contributed by atoms with E-state index in [0.717, 1.165) is 5.56 Å². The molecule has 134 valence electrons. The molecule has 0 heterocycles. The molecule has 4 rings (SSSR count). The molecule has 0 N–H and O–H groups in total. The summed E-state index contributed by atoms with van der Waals surface area (Å²) < 4.78 is 0. The molecule has 0 heteroatoms. The van der Waals surface area contributed by atoms with Crippen LogP contribution in [0.1, 0.15) is 27.8 Å². The molecule has 4 aromatic rings. The zero-order chi connectivity index (χ0) is 19.2. The third-order valence-corrected chi connectivity index (χ3v) is 4.89. The highest BCUT2D eigenvalue weighted by atomic mass is 14.2. The Morgan fingerprint density at radius 3 is 1.32 bits per heavy atom. The lowest BCUT2D eigenvalue weighted by Gasteiger charge is -2.19. The Hall–Kier alpha value is -3.64. The molecule has 0 aliphatic rings. The van der Waals surface area contributed by atoms with Crippen LogP contribution in [-0.2, 0) is 0 Å². The molecule has 0 saturated heterocycles. The molecule has 0 fully saturated rings. The van der Waals surface area contributed by atoms with E-state index in [-0.39, 0.29) is 0 Å². The average molecular weight is 358 g/mol. The smallest absolute Gasteiger partial charge is 0.00208 e. The summed E-state index contributed by atoms with van der Waals surface area (Å²) in [6.07, 6.45) is 1.94. The summed E-state index contributed by atoms with van der Waals surface area (Å²) in [5, 5.41) is 0. The lowest BCUT2D eigenvalue weighted by atomic mass is 9.84. The summed E-state index contributed by atoms with van der Waals surface area (Å²) in [5.41, 5.74) is 8.35. The monoisotopic (exact) mass is 358 g/mol. The SMILES string of the molecule is C=Cc1ccccc1C(=C(c1ccccc1)c1ccccc1)c1ccccc1. The molecule has 0 aromatic heterocycles. The number of rotatable bonds is 5. The van der Waals surface area contributed by atoms with Crippen molar-refractivity contribution in [2.75, 3.05) is 0 Å². The maximum Gasteiger partial charge on any atom is -0.00208 e. The third-order valence-electron chi connectivity index (χ3n) is 4.89. The summed E-state index contributed by atoms with van der Waals surface area (Å²) in [4.78, 5) is 0. The normalized spacial score (nSPS) is 10.3. The van der Waals surface area contributed by atoms with Crippen LogP contribution in [0.4, 0.5) is 0 Å². The summed E-state index contributed by atoms with van der Waals surface area (Å²) in [7, 11) is 0. The fraction of sp³-hybridized carbons (Fsp3) is 0. The average Bonchev–Trinajstić information content (AvgIpc) is 2.79. The lowest BCUT2D eigenvalue weighted by Crippen LogP contribution is -1.99. The van der Waals surface area contributed by atoms with E-state index in [9.17, 15) is 0 Å². The topological polar surface area (TPSA) is 0 Å². The zero-order valence-electron chi connectivity index (χ0n) is 15.8. The standard InChI is InChI=1S/C28H22/c1-2-22-14-12-13-21-26(22)28(25-19-10-5-11-20-25)27(23-15-6-3-7-16-23)24-17-8-4-9-18-24/h2-21H,1H2. The molecular weight excluding hydrogens is 336 g/mol. The minimum Gasteiger partial charge on any atom is -0.0984 e. The van der Waals surface area contributed by atoms with Gasteiger partial charge in [0.2, 0.25) is 0 Å². The first-order chi connectivity index (χ1) is 13.9. The van der Waals surface area contributed by atoms with Crippen molar-refractivity contribution in [1.82, 2.24) is 0 Å². The van der Waals surface area contributed by atoms with Crippen molar-refractivity contribution in [1.29, 1.82) is 0 Å². The zero-order valence-corrected chi connectivity index (χ0v) is 15.8. The summed E-state index contributed by atoms with van der Waals surface area (Å²) in [6, 6.07) is 40.3. The quantitative estimate of drug-likeness (QED) is 0.327. The Morgan fingerprint density at radius 1 is 0.464 bits per heavy atom. The molecule has 4 aromatic carbocycles. The van der Waals surface area contributed by atoms with E-state index >= 15 is 0 Å². The summed E-state index contributed by atoms with van der Waals surface area (Å²) >= 11 is 0. The second kappa shape index (κ2) is 8.37. The number of hydrogen-bond acceptors (Lipinski definition) is 0. The van der Waals surface area contributed by atoms with Crippen molar-refractivity contribution in [3.05, 3.63) is 150 Å². The lowest BCUT2D eigenvalue weighted by molar-refractivity contribution is 1.49. The first kappa shape index (κ1) is 17.8. The van der Waals surface area contributed by atoms with Crippen molar-refractivity contribution >= 4 is 17.2 Å². The van der Waals surface area contributed by atoms with Crippen molar-refractivity contribution in [3.63, 3.8) is 0 Å². The molecule has 0 saturated carbocycles. The van der Waals surface area contributed by atoms with Gasteiger partial charge < -0.3 is 0 Å². The summed E-state index contributed by atoms with van der Waals surface area (Å²) in [6.45, 7) is 4.05. The van der Waals surface area contributed by atoms with E-state index in [1.54, 1.807) is 0 Å². The third kappa shape index (κ3) is 3.58.